The molecule has 2 fully saturated rings. The Morgan fingerprint density at radius 1 is 0.897 bits per heavy atom. The third-order valence-electron chi connectivity index (χ3n) is 6.73. The van der Waals surface area contributed by atoms with Crippen LogP contribution in [0.25, 0.3) is 0 Å². The summed E-state index contributed by atoms with van der Waals surface area (Å²) in [5, 5.41) is 0. The van der Waals surface area contributed by atoms with E-state index in [-0.39, 0.29) is 0 Å². The summed E-state index contributed by atoms with van der Waals surface area (Å²) < 4.78 is 10.9. The third-order valence-corrected chi connectivity index (χ3v) is 6.73. The van der Waals surface area contributed by atoms with E-state index in [1.165, 1.54) is 63.4 Å². The summed E-state index contributed by atoms with van der Waals surface area (Å²) in [7, 11) is 3.45. The van der Waals surface area contributed by atoms with E-state index in [0.717, 1.165) is 24.1 Å². The number of nitrogens with one attached hydrogen (secondary N) is 2. The Balaban J connectivity index is 1.26. The normalized spacial score (nSPS) is 23.0. The van der Waals surface area contributed by atoms with E-state index in [1.54, 1.807) is 19.1 Å². The zero-order valence-electron chi connectivity index (χ0n) is 17.8. The zero-order chi connectivity index (χ0) is 20.1. The molecular formula is C24H35N3O2+2. The molecule has 0 bridgehead atoms. The van der Waals surface area contributed by atoms with Gasteiger partial charge in [-0.1, -0.05) is 18.2 Å². The van der Waals surface area contributed by atoms with E-state index in [9.17, 15) is 0 Å². The van der Waals surface area contributed by atoms with Gasteiger partial charge in [-0.3, -0.25) is 0 Å². The van der Waals surface area contributed by atoms with Crippen molar-refractivity contribution in [2.24, 2.45) is 0 Å². The van der Waals surface area contributed by atoms with Crippen LogP contribution in [-0.4, -0.2) is 59.5 Å². The summed E-state index contributed by atoms with van der Waals surface area (Å²) in [6.07, 6.45) is 2.66. The van der Waals surface area contributed by atoms with Crippen LogP contribution in [0.5, 0.6) is 11.5 Å². The smallest absolute Gasteiger partial charge is 0.131 e. The Morgan fingerprint density at radius 3 is 2.28 bits per heavy atom. The lowest BCUT2D eigenvalue weighted by Gasteiger charge is -2.40. The van der Waals surface area contributed by atoms with Crippen molar-refractivity contribution in [3.8, 4) is 11.5 Å². The number of methoxy groups -OCH3 is 2. The molecule has 0 saturated carbocycles. The minimum absolute atomic E-state index is 0.828. The molecule has 0 aliphatic carbocycles. The average molecular weight is 398 g/mol. The molecule has 2 aromatic carbocycles. The van der Waals surface area contributed by atoms with Crippen molar-refractivity contribution in [3.05, 3.63) is 54.1 Å². The second-order valence-electron chi connectivity index (χ2n) is 8.36. The van der Waals surface area contributed by atoms with Gasteiger partial charge in [0.2, 0.25) is 0 Å². The monoisotopic (exact) mass is 397 g/mol. The third kappa shape index (κ3) is 4.85. The van der Waals surface area contributed by atoms with Crippen LogP contribution in [-0.2, 0) is 6.54 Å². The van der Waals surface area contributed by atoms with E-state index in [2.05, 4.69) is 41.3 Å². The quantitative estimate of drug-likeness (QED) is 0.751. The number of benzene rings is 2. The summed E-state index contributed by atoms with van der Waals surface area (Å²) in [6.45, 7) is 8.43. The van der Waals surface area contributed by atoms with Crippen LogP contribution in [0.3, 0.4) is 0 Å². The Kier molecular flexibility index (Phi) is 6.57. The van der Waals surface area contributed by atoms with Gasteiger partial charge >= 0.3 is 0 Å². The Morgan fingerprint density at radius 2 is 1.62 bits per heavy atom. The number of quaternary nitrogens is 2. The second kappa shape index (κ2) is 9.51. The first-order chi connectivity index (χ1) is 14.3. The molecule has 5 nitrogen and oxygen atoms in total. The van der Waals surface area contributed by atoms with Crippen molar-refractivity contribution in [1.82, 2.24) is 0 Å². The molecule has 2 saturated heterocycles. The summed E-state index contributed by atoms with van der Waals surface area (Å²) in [5.74, 6) is 1.80. The fourth-order valence-corrected chi connectivity index (χ4v) is 4.98. The maximum absolute atomic E-state index is 5.59. The fraction of sp³-hybridized carbons (Fsp3) is 0.500. The molecule has 0 spiro atoms. The number of nitrogens with zero attached hydrogens (tertiary/aromatic N) is 1. The minimum atomic E-state index is 0.828. The number of para-hydroxylation sites is 1. The zero-order valence-corrected chi connectivity index (χ0v) is 17.8. The van der Waals surface area contributed by atoms with E-state index in [0.29, 0.717) is 0 Å². The number of rotatable bonds is 6. The number of anilines is 1. The van der Waals surface area contributed by atoms with Crippen LogP contribution >= 0.6 is 0 Å². The second-order valence-corrected chi connectivity index (χ2v) is 8.36. The standard InChI is InChI=1S/C24H33N3O2/c1-28-23-9-8-20(24(18-23)29-2)19-25-12-10-22(11-13-25)27-16-14-26(15-17-27)21-6-4-3-5-7-21/h3-9,18,22H,10-17,19H2,1-2H3/p+2. The minimum Gasteiger partial charge on any atom is -0.497 e. The van der Waals surface area contributed by atoms with Gasteiger partial charge in [0.25, 0.3) is 0 Å². The van der Waals surface area contributed by atoms with E-state index in [4.69, 9.17) is 9.47 Å². The lowest BCUT2D eigenvalue weighted by Crippen LogP contribution is -3.21. The van der Waals surface area contributed by atoms with Gasteiger partial charge in [-0.2, -0.15) is 0 Å². The number of ether oxygens (including phenoxy) is 2. The number of hydrogen-bond acceptors (Lipinski definition) is 3. The van der Waals surface area contributed by atoms with Gasteiger partial charge in [0.1, 0.15) is 18.0 Å². The molecule has 2 aromatic rings. The summed E-state index contributed by atoms with van der Waals surface area (Å²) in [6, 6.07) is 17.9. The number of piperidine rings is 1. The van der Waals surface area contributed by atoms with E-state index < -0.39 is 0 Å². The predicted molar refractivity (Wildman–Crippen MR) is 116 cm³/mol. The molecular weight excluding hydrogens is 362 g/mol. The molecule has 2 aliphatic rings. The molecule has 2 heterocycles. The number of piperazine rings is 1. The Bertz CT molecular complexity index is 767. The molecule has 2 aliphatic heterocycles. The first-order valence-electron chi connectivity index (χ1n) is 11.0. The molecule has 2 N–H and O–H groups in total. The molecule has 29 heavy (non-hydrogen) atoms. The predicted octanol–water partition coefficient (Wildman–Crippen LogP) is 0.656. The van der Waals surface area contributed by atoms with Gasteiger partial charge in [0, 0.05) is 30.2 Å². The van der Waals surface area contributed by atoms with Gasteiger partial charge in [0.15, 0.2) is 0 Å². The van der Waals surface area contributed by atoms with Crippen molar-refractivity contribution in [2.45, 2.75) is 25.4 Å². The fourth-order valence-electron chi connectivity index (χ4n) is 4.98. The Labute approximate surface area is 174 Å². The molecule has 0 aromatic heterocycles. The molecule has 156 valence electrons. The van der Waals surface area contributed by atoms with Crippen LogP contribution in [0.4, 0.5) is 5.69 Å². The number of hydrogen-bond donors (Lipinski definition) is 2. The van der Waals surface area contributed by atoms with Crippen molar-refractivity contribution in [2.75, 3.05) is 58.4 Å². The molecule has 5 heteroatoms. The highest BCUT2D eigenvalue weighted by Gasteiger charge is 2.32. The maximum Gasteiger partial charge on any atom is 0.131 e. The van der Waals surface area contributed by atoms with Crippen LogP contribution in [0, 0.1) is 0 Å². The highest BCUT2D eigenvalue weighted by atomic mass is 16.5. The largest absolute Gasteiger partial charge is 0.497 e. The SMILES string of the molecule is COc1ccc(C[NH+]2CCC([NH+]3CCN(c4ccccc4)CC3)CC2)c(OC)c1. The van der Waals surface area contributed by atoms with Gasteiger partial charge in [-0.05, 0) is 24.3 Å². The molecule has 4 rings (SSSR count). The van der Waals surface area contributed by atoms with Crippen molar-refractivity contribution in [3.63, 3.8) is 0 Å². The van der Waals surface area contributed by atoms with Gasteiger partial charge in [0.05, 0.1) is 59.5 Å². The first kappa shape index (κ1) is 20.0. The Hall–Kier alpha value is -2.24. The van der Waals surface area contributed by atoms with Gasteiger partial charge in [-0.25, -0.2) is 0 Å². The maximum atomic E-state index is 5.59. The van der Waals surface area contributed by atoms with Crippen molar-refractivity contribution < 1.29 is 19.3 Å². The molecule has 0 radical (unpaired) electrons. The van der Waals surface area contributed by atoms with E-state index in [1.807, 2.05) is 17.0 Å². The van der Waals surface area contributed by atoms with Crippen molar-refractivity contribution >= 4 is 5.69 Å². The highest BCUT2D eigenvalue weighted by Crippen LogP contribution is 2.24. The average Bonchev–Trinajstić information content (AvgIpc) is 2.80. The van der Waals surface area contributed by atoms with Crippen LogP contribution in [0.1, 0.15) is 18.4 Å². The summed E-state index contributed by atoms with van der Waals surface area (Å²) in [4.78, 5) is 6.03. The van der Waals surface area contributed by atoms with E-state index >= 15 is 0 Å². The topological polar surface area (TPSA) is 30.6 Å². The summed E-state index contributed by atoms with van der Waals surface area (Å²) in [5.41, 5.74) is 2.66. The summed E-state index contributed by atoms with van der Waals surface area (Å²) >= 11 is 0. The number of likely N-dealkylation sites (tertiary alicyclic amines) is 1. The van der Waals surface area contributed by atoms with Crippen LogP contribution in [0.2, 0.25) is 0 Å². The van der Waals surface area contributed by atoms with Crippen LogP contribution in [0.15, 0.2) is 48.5 Å². The van der Waals surface area contributed by atoms with Crippen molar-refractivity contribution in [1.29, 1.82) is 0 Å². The highest BCUT2D eigenvalue weighted by molar-refractivity contribution is 5.46. The lowest BCUT2D eigenvalue weighted by atomic mass is 10.0. The van der Waals surface area contributed by atoms with Gasteiger partial charge < -0.3 is 24.2 Å². The molecule has 0 unspecified atom stereocenters. The van der Waals surface area contributed by atoms with Crippen LogP contribution < -0.4 is 24.2 Å². The lowest BCUT2D eigenvalue weighted by molar-refractivity contribution is -0.963. The molecule has 0 amide bonds. The first-order valence-corrected chi connectivity index (χ1v) is 11.0. The van der Waals surface area contributed by atoms with Gasteiger partial charge in [-0.15, -0.1) is 0 Å². The molecule has 0 atom stereocenters.